The smallest absolute Gasteiger partial charge is 0.159 e. The van der Waals surface area contributed by atoms with Crippen LogP contribution in [0.1, 0.15) is 42.8 Å². The standard InChI is InChI=1S/C13H16O4/c1-7(14)8-4-5-10-9(6-8)11(15)12(17-10)13(2,3)16/h4-6,11-12,15-16H,1-3H3. The normalized spacial score (nSPS) is 23.1. The van der Waals surface area contributed by atoms with E-state index >= 15 is 0 Å². The Hall–Kier alpha value is -1.39. The predicted molar refractivity (Wildman–Crippen MR) is 62.1 cm³/mol. The Bertz CT molecular complexity index is 459. The van der Waals surface area contributed by atoms with Crippen LogP contribution >= 0.6 is 0 Å². The lowest BCUT2D eigenvalue weighted by Gasteiger charge is -2.27. The van der Waals surface area contributed by atoms with Crippen LogP contribution in [-0.4, -0.2) is 27.7 Å². The molecule has 2 rings (SSSR count). The molecule has 0 bridgehead atoms. The van der Waals surface area contributed by atoms with Crippen LogP contribution in [0.5, 0.6) is 5.75 Å². The largest absolute Gasteiger partial charge is 0.484 e. The van der Waals surface area contributed by atoms with Crippen molar-refractivity contribution in [3.8, 4) is 5.75 Å². The summed E-state index contributed by atoms with van der Waals surface area (Å²) in [5.41, 5.74) is -0.0536. The molecule has 92 valence electrons. The second kappa shape index (κ2) is 3.82. The number of hydrogen-bond acceptors (Lipinski definition) is 4. The molecule has 2 unspecified atom stereocenters. The summed E-state index contributed by atoms with van der Waals surface area (Å²) in [6, 6.07) is 4.93. The molecular formula is C13H16O4. The first kappa shape index (κ1) is 12.1. The van der Waals surface area contributed by atoms with Crippen molar-refractivity contribution in [3.63, 3.8) is 0 Å². The Labute approximate surface area is 99.8 Å². The van der Waals surface area contributed by atoms with Gasteiger partial charge in [0.1, 0.15) is 11.9 Å². The van der Waals surface area contributed by atoms with Crippen LogP contribution in [0.4, 0.5) is 0 Å². The highest BCUT2D eigenvalue weighted by atomic mass is 16.5. The van der Waals surface area contributed by atoms with Gasteiger partial charge >= 0.3 is 0 Å². The average molecular weight is 236 g/mol. The number of aliphatic hydroxyl groups is 2. The maximum Gasteiger partial charge on any atom is 0.159 e. The minimum absolute atomic E-state index is 0.0632. The molecule has 0 aromatic heterocycles. The third-order valence-corrected chi connectivity index (χ3v) is 2.97. The number of ketones is 1. The molecule has 2 atom stereocenters. The SMILES string of the molecule is CC(=O)c1ccc2c(c1)C(O)C(C(C)(C)O)O2. The van der Waals surface area contributed by atoms with Gasteiger partial charge in [-0.25, -0.2) is 0 Å². The zero-order valence-electron chi connectivity index (χ0n) is 10.1. The molecule has 17 heavy (non-hydrogen) atoms. The van der Waals surface area contributed by atoms with Crippen molar-refractivity contribution < 1.29 is 19.7 Å². The lowest BCUT2D eigenvalue weighted by Crippen LogP contribution is -2.41. The van der Waals surface area contributed by atoms with Crippen LogP contribution < -0.4 is 4.74 Å². The van der Waals surface area contributed by atoms with E-state index in [0.717, 1.165) is 0 Å². The van der Waals surface area contributed by atoms with Crippen molar-refractivity contribution in [2.24, 2.45) is 0 Å². The minimum atomic E-state index is -1.14. The van der Waals surface area contributed by atoms with Crippen LogP contribution in [0.3, 0.4) is 0 Å². The van der Waals surface area contributed by atoms with Gasteiger partial charge in [0.25, 0.3) is 0 Å². The van der Waals surface area contributed by atoms with Crippen LogP contribution in [0.15, 0.2) is 18.2 Å². The molecule has 4 nitrogen and oxygen atoms in total. The van der Waals surface area contributed by atoms with Crippen molar-refractivity contribution in [1.29, 1.82) is 0 Å². The summed E-state index contributed by atoms with van der Waals surface area (Å²) < 4.78 is 5.51. The van der Waals surface area contributed by atoms with Gasteiger partial charge < -0.3 is 14.9 Å². The third kappa shape index (κ3) is 2.06. The maximum absolute atomic E-state index is 11.3. The molecule has 1 heterocycles. The predicted octanol–water partition coefficient (Wildman–Crippen LogP) is 1.45. The lowest BCUT2D eigenvalue weighted by atomic mass is 9.93. The molecule has 4 heteroatoms. The molecule has 1 aromatic rings. The fourth-order valence-corrected chi connectivity index (χ4v) is 2.00. The summed E-state index contributed by atoms with van der Waals surface area (Å²) in [7, 11) is 0. The first-order valence-electron chi connectivity index (χ1n) is 5.52. The molecule has 0 amide bonds. The Kier molecular flexibility index (Phi) is 2.72. The van der Waals surface area contributed by atoms with E-state index in [1.54, 1.807) is 32.0 Å². The Balaban J connectivity index is 2.39. The van der Waals surface area contributed by atoms with Gasteiger partial charge in [-0.3, -0.25) is 4.79 Å². The molecule has 1 aliphatic heterocycles. The Morgan fingerprint density at radius 1 is 1.41 bits per heavy atom. The van der Waals surface area contributed by atoms with E-state index in [9.17, 15) is 15.0 Å². The average Bonchev–Trinajstić information content (AvgIpc) is 2.55. The summed E-state index contributed by atoms with van der Waals surface area (Å²) >= 11 is 0. The molecule has 1 aliphatic rings. The van der Waals surface area contributed by atoms with Gasteiger partial charge in [0, 0.05) is 11.1 Å². The quantitative estimate of drug-likeness (QED) is 0.763. The zero-order chi connectivity index (χ0) is 12.8. The molecular weight excluding hydrogens is 220 g/mol. The fraction of sp³-hybridized carbons (Fsp3) is 0.462. The van der Waals surface area contributed by atoms with Gasteiger partial charge in [0.2, 0.25) is 0 Å². The van der Waals surface area contributed by atoms with E-state index in [-0.39, 0.29) is 5.78 Å². The molecule has 0 fully saturated rings. The summed E-state index contributed by atoms with van der Waals surface area (Å²) in [6.45, 7) is 4.63. The number of ether oxygens (including phenoxy) is 1. The molecule has 0 spiro atoms. The number of rotatable bonds is 2. The van der Waals surface area contributed by atoms with E-state index in [0.29, 0.717) is 16.9 Å². The van der Waals surface area contributed by atoms with E-state index in [1.807, 2.05) is 0 Å². The maximum atomic E-state index is 11.3. The highest BCUT2D eigenvalue weighted by molar-refractivity contribution is 5.94. The Morgan fingerprint density at radius 2 is 2.06 bits per heavy atom. The van der Waals surface area contributed by atoms with Crippen molar-refractivity contribution in [3.05, 3.63) is 29.3 Å². The number of benzene rings is 1. The zero-order valence-corrected chi connectivity index (χ0v) is 10.1. The number of Topliss-reactive ketones (excluding diaryl/α,β-unsaturated/α-hetero) is 1. The lowest BCUT2D eigenvalue weighted by molar-refractivity contribution is -0.0762. The fourth-order valence-electron chi connectivity index (χ4n) is 2.00. The molecule has 2 N–H and O–H groups in total. The summed E-state index contributed by atoms with van der Waals surface area (Å²) in [5.74, 6) is 0.460. The van der Waals surface area contributed by atoms with Crippen molar-refractivity contribution in [2.75, 3.05) is 0 Å². The molecule has 1 aromatic carbocycles. The first-order chi connectivity index (χ1) is 7.80. The van der Waals surface area contributed by atoms with Gasteiger partial charge in [0.15, 0.2) is 11.9 Å². The topological polar surface area (TPSA) is 66.8 Å². The monoisotopic (exact) mass is 236 g/mol. The molecule has 0 saturated carbocycles. The third-order valence-electron chi connectivity index (χ3n) is 2.97. The van der Waals surface area contributed by atoms with Crippen molar-refractivity contribution in [2.45, 2.75) is 38.6 Å². The molecule has 0 radical (unpaired) electrons. The van der Waals surface area contributed by atoms with E-state index in [2.05, 4.69) is 0 Å². The molecule has 0 saturated heterocycles. The summed E-state index contributed by atoms with van der Waals surface area (Å²) in [5, 5.41) is 20.0. The molecule has 0 aliphatic carbocycles. The Morgan fingerprint density at radius 3 is 2.59 bits per heavy atom. The van der Waals surface area contributed by atoms with Crippen LogP contribution in [0, 0.1) is 0 Å². The minimum Gasteiger partial charge on any atom is -0.484 e. The van der Waals surface area contributed by atoms with Crippen molar-refractivity contribution in [1.82, 2.24) is 0 Å². The van der Waals surface area contributed by atoms with Crippen LogP contribution in [0.2, 0.25) is 0 Å². The summed E-state index contributed by atoms with van der Waals surface area (Å²) in [4.78, 5) is 11.3. The number of hydrogen-bond donors (Lipinski definition) is 2. The van der Waals surface area contributed by atoms with E-state index in [1.165, 1.54) is 6.92 Å². The second-order valence-corrected chi connectivity index (χ2v) is 4.95. The number of carbonyl (C=O) groups excluding carboxylic acids is 1. The van der Waals surface area contributed by atoms with E-state index < -0.39 is 17.8 Å². The first-order valence-corrected chi connectivity index (χ1v) is 5.52. The van der Waals surface area contributed by atoms with Crippen LogP contribution in [0.25, 0.3) is 0 Å². The van der Waals surface area contributed by atoms with Crippen molar-refractivity contribution >= 4 is 5.78 Å². The summed E-state index contributed by atoms with van der Waals surface area (Å²) in [6.07, 6.45) is -1.62. The highest BCUT2D eigenvalue weighted by Crippen LogP contribution is 2.40. The van der Waals surface area contributed by atoms with Gasteiger partial charge in [0.05, 0.1) is 5.60 Å². The van der Waals surface area contributed by atoms with Gasteiger partial charge in [-0.2, -0.15) is 0 Å². The number of aliphatic hydroxyl groups excluding tert-OH is 1. The second-order valence-electron chi connectivity index (χ2n) is 4.95. The number of carbonyl (C=O) groups is 1. The van der Waals surface area contributed by atoms with Gasteiger partial charge in [-0.15, -0.1) is 0 Å². The van der Waals surface area contributed by atoms with Gasteiger partial charge in [-0.1, -0.05) is 0 Å². The highest BCUT2D eigenvalue weighted by Gasteiger charge is 2.42. The van der Waals surface area contributed by atoms with Crippen LogP contribution in [-0.2, 0) is 0 Å². The van der Waals surface area contributed by atoms with Gasteiger partial charge in [-0.05, 0) is 39.0 Å². The van der Waals surface area contributed by atoms with E-state index in [4.69, 9.17) is 4.74 Å². The number of fused-ring (bicyclic) bond motifs is 1.